The molecule has 0 saturated carbocycles. The first kappa shape index (κ1) is 11.9. The van der Waals surface area contributed by atoms with Crippen molar-refractivity contribution >= 4 is 5.78 Å². The van der Waals surface area contributed by atoms with Crippen LogP contribution in [0.3, 0.4) is 0 Å². The standard InChI is InChI=1S/C12H17NO2/c1-11(14)10-15-8-7-13-9-12-5-3-2-4-6-12/h2-6,13H,7-10H2,1H3. The molecule has 0 bridgehead atoms. The van der Waals surface area contributed by atoms with Crippen molar-refractivity contribution in [3.8, 4) is 0 Å². The summed E-state index contributed by atoms with van der Waals surface area (Å²) in [7, 11) is 0. The Morgan fingerprint density at radius 3 is 2.73 bits per heavy atom. The van der Waals surface area contributed by atoms with Crippen molar-refractivity contribution in [3.05, 3.63) is 35.9 Å². The number of hydrogen-bond donors (Lipinski definition) is 1. The average molecular weight is 207 g/mol. The number of nitrogens with one attached hydrogen (secondary N) is 1. The van der Waals surface area contributed by atoms with Crippen LogP contribution in [0.5, 0.6) is 0 Å². The van der Waals surface area contributed by atoms with Crippen molar-refractivity contribution in [2.75, 3.05) is 19.8 Å². The second-order valence-electron chi connectivity index (χ2n) is 3.42. The number of hydrogen-bond acceptors (Lipinski definition) is 3. The van der Waals surface area contributed by atoms with Crippen LogP contribution in [-0.4, -0.2) is 25.5 Å². The Morgan fingerprint density at radius 1 is 1.33 bits per heavy atom. The normalized spacial score (nSPS) is 10.2. The molecular formula is C12H17NO2. The first-order valence-electron chi connectivity index (χ1n) is 5.11. The molecule has 1 rings (SSSR count). The minimum atomic E-state index is 0.0676. The van der Waals surface area contributed by atoms with Gasteiger partial charge in [-0.15, -0.1) is 0 Å². The van der Waals surface area contributed by atoms with Crippen LogP contribution in [0.4, 0.5) is 0 Å². The van der Waals surface area contributed by atoms with Gasteiger partial charge in [-0.2, -0.15) is 0 Å². The first-order valence-corrected chi connectivity index (χ1v) is 5.11. The molecule has 0 fully saturated rings. The Hall–Kier alpha value is -1.19. The lowest BCUT2D eigenvalue weighted by molar-refractivity contribution is -0.121. The Morgan fingerprint density at radius 2 is 2.07 bits per heavy atom. The zero-order valence-corrected chi connectivity index (χ0v) is 9.03. The summed E-state index contributed by atoms with van der Waals surface area (Å²) in [6, 6.07) is 10.2. The van der Waals surface area contributed by atoms with Crippen molar-refractivity contribution in [2.45, 2.75) is 13.5 Å². The quantitative estimate of drug-likeness (QED) is 0.686. The van der Waals surface area contributed by atoms with Gasteiger partial charge in [0.2, 0.25) is 0 Å². The molecule has 15 heavy (non-hydrogen) atoms. The highest BCUT2D eigenvalue weighted by atomic mass is 16.5. The molecule has 3 heteroatoms. The van der Waals surface area contributed by atoms with E-state index in [1.54, 1.807) is 0 Å². The van der Waals surface area contributed by atoms with Gasteiger partial charge in [0, 0.05) is 13.1 Å². The van der Waals surface area contributed by atoms with Crippen molar-refractivity contribution in [3.63, 3.8) is 0 Å². The molecule has 0 saturated heterocycles. The number of ether oxygens (including phenoxy) is 1. The molecule has 0 heterocycles. The van der Waals surface area contributed by atoms with Crippen LogP contribution in [-0.2, 0) is 16.1 Å². The smallest absolute Gasteiger partial charge is 0.155 e. The topological polar surface area (TPSA) is 38.3 Å². The highest BCUT2D eigenvalue weighted by Gasteiger charge is 1.93. The number of benzene rings is 1. The fourth-order valence-corrected chi connectivity index (χ4v) is 1.19. The van der Waals surface area contributed by atoms with E-state index in [2.05, 4.69) is 17.4 Å². The summed E-state index contributed by atoms with van der Waals surface area (Å²) >= 11 is 0. The average Bonchev–Trinajstić information content (AvgIpc) is 2.24. The Bertz CT molecular complexity index is 285. The molecule has 3 nitrogen and oxygen atoms in total. The largest absolute Gasteiger partial charge is 0.372 e. The maximum absolute atomic E-state index is 10.6. The van der Waals surface area contributed by atoms with Gasteiger partial charge in [0.25, 0.3) is 0 Å². The van der Waals surface area contributed by atoms with Crippen molar-refractivity contribution < 1.29 is 9.53 Å². The summed E-state index contributed by atoms with van der Waals surface area (Å²) in [4.78, 5) is 10.6. The van der Waals surface area contributed by atoms with E-state index in [1.807, 2.05) is 18.2 Å². The Balaban J connectivity index is 2.00. The summed E-state index contributed by atoms with van der Waals surface area (Å²) in [5.74, 6) is 0.0676. The molecule has 0 aliphatic carbocycles. The molecule has 1 aromatic rings. The van der Waals surface area contributed by atoms with Gasteiger partial charge in [0.15, 0.2) is 5.78 Å². The van der Waals surface area contributed by atoms with Gasteiger partial charge in [0.1, 0.15) is 6.61 Å². The van der Waals surface area contributed by atoms with Crippen LogP contribution in [0.25, 0.3) is 0 Å². The Labute approximate surface area is 90.4 Å². The Kier molecular flexibility index (Phi) is 5.66. The predicted molar refractivity (Wildman–Crippen MR) is 59.6 cm³/mol. The minimum absolute atomic E-state index is 0.0676. The zero-order chi connectivity index (χ0) is 10.9. The molecule has 0 atom stereocenters. The third-order valence-corrected chi connectivity index (χ3v) is 1.90. The van der Waals surface area contributed by atoms with E-state index in [1.165, 1.54) is 12.5 Å². The number of carbonyl (C=O) groups excluding carboxylic acids is 1. The number of carbonyl (C=O) groups is 1. The second kappa shape index (κ2) is 7.15. The molecule has 0 unspecified atom stereocenters. The van der Waals surface area contributed by atoms with E-state index in [4.69, 9.17) is 4.74 Å². The van der Waals surface area contributed by atoms with Gasteiger partial charge in [-0.3, -0.25) is 4.79 Å². The molecular weight excluding hydrogens is 190 g/mol. The van der Waals surface area contributed by atoms with E-state index in [0.717, 1.165) is 13.1 Å². The summed E-state index contributed by atoms with van der Waals surface area (Å²) < 4.78 is 5.12. The highest BCUT2D eigenvalue weighted by molar-refractivity contribution is 5.76. The first-order chi connectivity index (χ1) is 7.29. The lowest BCUT2D eigenvalue weighted by Gasteiger charge is -2.04. The minimum Gasteiger partial charge on any atom is -0.372 e. The van der Waals surface area contributed by atoms with Crippen LogP contribution < -0.4 is 5.32 Å². The van der Waals surface area contributed by atoms with Gasteiger partial charge in [-0.05, 0) is 12.5 Å². The van der Waals surface area contributed by atoms with Gasteiger partial charge in [-0.25, -0.2) is 0 Å². The van der Waals surface area contributed by atoms with Gasteiger partial charge in [0.05, 0.1) is 6.61 Å². The lowest BCUT2D eigenvalue weighted by Crippen LogP contribution is -2.20. The third kappa shape index (κ3) is 5.99. The summed E-state index contributed by atoms with van der Waals surface area (Å²) in [5.41, 5.74) is 1.25. The van der Waals surface area contributed by atoms with Crippen LogP contribution in [0.15, 0.2) is 30.3 Å². The van der Waals surface area contributed by atoms with Crippen LogP contribution >= 0.6 is 0 Å². The summed E-state index contributed by atoms with van der Waals surface area (Å²) in [5, 5.41) is 3.24. The second-order valence-corrected chi connectivity index (χ2v) is 3.42. The summed E-state index contributed by atoms with van der Waals surface area (Å²) in [6.07, 6.45) is 0. The van der Waals surface area contributed by atoms with Crippen molar-refractivity contribution in [2.24, 2.45) is 0 Å². The van der Waals surface area contributed by atoms with Crippen LogP contribution in [0.1, 0.15) is 12.5 Å². The molecule has 0 amide bonds. The van der Waals surface area contributed by atoms with Crippen LogP contribution in [0, 0.1) is 0 Å². The molecule has 0 aromatic heterocycles. The van der Waals surface area contributed by atoms with Crippen molar-refractivity contribution in [1.82, 2.24) is 5.32 Å². The third-order valence-electron chi connectivity index (χ3n) is 1.90. The molecule has 0 spiro atoms. The maximum Gasteiger partial charge on any atom is 0.155 e. The molecule has 0 aliphatic rings. The van der Waals surface area contributed by atoms with Gasteiger partial charge >= 0.3 is 0 Å². The van der Waals surface area contributed by atoms with E-state index in [-0.39, 0.29) is 12.4 Å². The molecule has 82 valence electrons. The number of Topliss-reactive ketones (excluding diaryl/α,β-unsaturated/α-hetero) is 1. The predicted octanol–water partition coefficient (Wildman–Crippen LogP) is 1.38. The summed E-state index contributed by atoms with van der Waals surface area (Å²) in [6.45, 7) is 3.92. The van der Waals surface area contributed by atoms with E-state index < -0.39 is 0 Å². The monoisotopic (exact) mass is 207 g/mol. The number of rotatable bonds is 7. The lowest BCUT2D eigenvalue weighted by atomic mass is 10.2. The van der Waals surface area contributed by atoms with Crippen LogP contribution in [0.2, 0.25) is 0 Å². The van der Waals surface area contributed by atoms with Gasteiger partial charge < -0.3 is 10.1 Å². The molecule has 1 N–H and O–H groups in total. The maximum atomic E-state index is 10.6. The van der Waals surface area contributed by atoms with Gasteiger partial charge in [-0.1, -0.05) is 30.3 Å². The van der Waals surface area contributed by atoms with Crippen molar-refractivity contribution in [1.29, 1.82) is 0 Å². The number of ketones is 1. The fourth-order valence-electron chi connectivity index (χ4n) is 1.19. The highest BCUT2D eigenvalue weighted by Crippen LogP contribution is 1.96. The van der Waals surface area contributed by atoms with E-state index in [9.17, 15) is 4.79 Å². The fraction of sp³-hybridized carbons (Fsp3) is 0.417. The van der Waals surface area contributed by atoms with E-state index in [0.29, 0.717) is 6.61 Å². The zero-order valence-electron chi connectivity index (χ0n) is 9.03. The molecule has 0 radical (unpaired) electrons. The SMILES string of the molecule is CC(=O)COCCNCc1ccccc1. The molecule has 0 aliphatic heterocycles. The van der Waals surface area contributed by atoms with E-state index >= 15 is 0 Å². The molecule has 1 aromatic carbocycles.